The molecule has 0 saturated carbocycles. The molecule has 0 aromatic carbocycles. The third-order valence-electron chi connectivity index (χ3n) is 2.16. The van der Waals surface area contributed by atoms with E-state index in [4.69, 9.17) is 10.8 Å². The SMILES string of the molecule is COC(=O)c1sccc1NC(=O)CSC[C@H](N)C(=O)O. The Kier molecular flexibility index (Phi) is 6.49. The van der Waals surface area contributed by atoms with Crippen molar-refractivity contribution in [3.8, 4) is 0 Å². The second-order valence-electron chi connectivity index (χ2n) is 3.66. The molecule has 0 saturated heterocycles. The first-order valence-electron chi connectivity index (χ1n) is 5.47. The van der Waals surface area contributed by atoms with Gasteiger partial charge in [0.15, 0.2) is 0 Å². The van der Waals surface area contributed by atoms with Crippen LogP contribution in [0.15, 0.2) is 11.4 Å². The molecule has 1 aromatic rings. The lowest BCUT2D eigenvalue weighted by Gasteiger charge is -2.07. The summed E-state index contributed by atoms with van der Waals surface area (Å²) in [4.78, 5) is 33.9. The number of hydrogen-bond donors (Lipinski definition) is 3. The van der Waals surface area contributed by atoms with Crippen molar-refractivity contribution in [1.82, 2.24) is 0 Å². The van der Waals surface area contributed by atoms with Crippen molar-refractivity contribution in [3.63, 3.8) is 0 Å². The van der Waals surface area contributed by atoms with E-state index in [1.165, 1.54) is 7.11 Å². The maximum Gasteiger partial charge on any atom is 0.350 e. The molecule has 0 aliphatic rings. The first kappa shape index (κ1) is 16.5. The molecular formula is C11H14N2O5S2. The summed E-state index contributed by atoms with van der Waals surface area (Å²) >= 11 is 2.27. The number of hydrogen-bond acceptors (Lipinski definition) is 7. The van der Waals surface area contributed by atoms with E-state index >= 15 is 0 Å². The van der Waals surface area contributed by atoms with Crippen molar-refractivity contribution >= 4 is 46.6 Å². The maximum atomic E-state index is 11.7. The van der Waals surface area contributed by atoms with Gasteiger partial charge in [-0.05, 0) is 11.4 Å². The zero-order valence-electron chi connectivity index (χ0n) is 10.6. The first-order chi connectivity index (χ1) is 9.45. The monoisotopic (exact) mass is 318 g/mol. The summed E-state index contributed by atoms with van der Waals surface area (Å²) in [6.45, 7) is 0. The van der Waals surface area contributed by atoms with Crippen molar-refractivity contribution < 1.29 is 24.2 Å². The van der Waals surface area contributed by atoms with Crippen LogP contribution >= 0.6 is 23.1 Å². The van der Waals surface area contributed by atoms with Gasteiger partial charge in [-0.3, -0.25) is 9.59 Å². The predicted octanol–water partition coefficient (Wildman–Crippen LogP) is 0.618. The summed E-state index contributed by atoms with van der Waals surface area (Å²) in [6.07, 6.45) is 0. The molecule has 7 nitrogen and oxygen atoms in total. The maximum absolute atomic E-state index is 11.7. The van der Waals surface area contributed by atoms with Gasteiger partial charge in [0.1, 0.15) is 10.9 Å². The van der Waals surface area contributed by atoms with Crippen LogP contribution in [0.1, 0.15) is 9.67 Å². The van der Waals surface area contributed by atoms with Gasteiger partial charge in [0, 0.05) is 5.75 Å². The Balaban J connectivity index is 2.45. The molecule has 1 rings (SSSR count). The standard InChI is InChI=1S/C11H14N2O5S2/c1-18-11(17)9-7(2-3-20-9)13-8(14)5-19-4-6(12)10(15)16/h2-3,6H,4-5,12H2,1H3,(H,13,14)(H,15,16)/t6-/m0/s1. The quantitative estimate of drug-likeness (QED) is 0.630. The number of carboxylic acid groups (broad SMARTS) is 1. The number of carboxylic acids is 1. The number of ether oxygens (including phenoxy) is 1. The van der Waals surface area contributed by atoms with Crippen molar-refractivity contribution in [1.29, 1.82) is 0 Å². The molecule has 1 atom stereocenters. The van der Waals surface area contributed by atoms with E-state index in [1.54, 1.807) is 11.4 Å². The number of esters is 1. The van der Waals surface area contributed by atoms with E-state index in [-0.39, 0.29) is 17.4 Å². The van der Waals surface area contributed by atoms with Crippen LogP contribution in [0.25, 0.3) is 0 Å². The van der Waals surface area contributed by atoms with Crippen LogP contribution in [0.4, 0.5) is 5.69 Å². The van der Waals surface area contributed by atoms with Gasteiger partial charge in [0.05, 0.1) is 18.6 Å². The summed E-state index contributed by atoms with van der Waals surface area (Å²) < 4.78 is 4.59. The molecule has 0 aliphatic carbocycles. The molecule has 1 amide bonds. The number of nitrogens with one attached hydrogen (secondary N) is 1. The Bertz CT molecular complexity index is 503. The molecule has 1 heterocycles. The summed E-state index contributed by atoms with van der Waals surface area (Å²) in [6, 6.07) is 0.599. The van der Waals surface area contributed by atoms with Gasteiger partial charge in [-0.2, -0.15) is 0 Å². The molecule has 9 heteroatoms. The fraction of sp³-hybridized carbons (Fsp3) is 0.364. The Hall–Kier alpha value is -1.58. The lowest BCUT2D eigenvalue weighted by molar-refractivity contribution is -0.137. The predicted molar refractivity (Wildman–Crippen MR) is 77.2 cm³/mol. The van der Waals surface area contributed by atoms with Crippen LogP contribution in [0.3, 0.4) is 0 Å². The van der Waals surface area contributed by atoms with Gasteiger partial charge >= 0.3 is 11.9 Å². The summed E-state index contributed by atoms with van der Waals surface area (Å²) in [5.74, 6) is -1.77. The average molecular weight is 318 g/mol. The van der Waals surface area contributed by atoms with Gasteiger partial charge in [0.2, 0.25) is 5.91 Å². The lowest BCUT2D eigenvalue weighted by atomic mass is 10.4. The third-order valence-corrected chi connectivity index (χ3v) is 4.11. The summed E-state index contributed by atoms with van der Waals surface area (Å²) in [5, 5.41) is 12.8. The average Bonchev–Trinajstić information content (AvgIpc) is 2.85. The van der Waals surface area contributed by atoms with Crippen LogP contribution in [-0.4, -0.2) is 47.6 Å². The fourth-order valence-electron chi connectivity index (χ4n) is 1.19. The second-order valence-corrected chi connectivity index (χ2v) is 5.61. The van der Waals surface area contributed by atoms with Crippen molar-refractivity contribution in [2.45, 2.75) is 6.04 Å². The molecule has 0 unspecified atom stereocenters. The minimum atomic E-state index is -1.11. The smallest absolute Gasteiger partial charge is 0.350 e. The zero-order valence-corrected chi connectivity index (χ0v) is 12.3. The first-order valence-corrected chi connectivity index (χ1v) is 7.51. The molecule has 0 aliphatic heterocycles. The largest absolute Gasteiger partial charge is 0.480 e. The molecule has 0 bridgehead atoms. The van der Waals surface area contributed by atoms with Crippen molar-refractivity contribution in [3.05, 3.63) is 16.3 Å². The minimum Gasteiger partial charge on any atom is -0.480 e. The molecule has 0 spiro atoms. The number of nitrogens with two attached hydrogens (primary N) is 1. The van der Waals surface area contributed by atoms with Gasteiger partial charge < -0.3 is 20.9 Å². The number of carbonyl (C=O) groups is 3. The van der Waals surface area contributed by atoms with Gasteiger partial charge in [-0.25, -0.2) is 4.79 Å². The molecule has 0 fully saturated rings. The lowest BCUT2D eigenvalue weighted by Crippen LogP contribution is -2.33. The Morgan fingerprint density at radius 3 is 2.85 bits per heavy atom. The third kappa shape index (κ3) is 4.83. The zero-order chi connectivity index (χ0) is 15.1. The van der Waals surface area contributed by atoms with E-state index in [0.717, 1.165) is 23.1 Å². The van der Waals surface area contributed by atoms with E-state index in [9.17, 15) is 14.4 Å². The number of anilines is 1. The topological polar surface area (TPSA) is 119 Å². The van der Waals surface area contributed by atoms with Gasteiger partial charge in [0.25, 0.3) is 0 Å². The number of thioether (sulfide) groups is 1. The van der Waals surface area contributed by atoms with Crippen LogP contribution in [0.2, 0.25) is 0 Å². The molecule has 20 heavy (non-hydrogen) atoms. The highest BCUT2D eigenvalue weighted by Crippen LogP contribution is 2.23. The number of thiophene rings is 1. The highest BCUT2D eigenvalue weighted by atomic mass is 32.2. The number of aliphatic carboxylic acids is 1. The summed E-state index contributed by atoms with van der Waals surface area (Å²) in [5.41, 5.74) is 5.69. The van der Waals surface area contributed by atoms with E-state index in [0.29, 0.717) is 10.6 Å². The molecule has 0 radical (unpaired) electrons. The molecular weight excluding hydrogens is 304 g/mol. The molecule has 1 aromatic heterocycles. The highest BCUT2D eigenvalue weighted by Gasteiger charge is 2.16. The van der Waals surface area contributed by atoms with E-state index in [1.807, 2.05) is 0 Å². The number of rotatable bonds is 7. The van der Waals surface area contributed by atoms with E-state index < -0.39 is 18.0 Å². The minimum absolute atomic E-state index is 0.0530. The van der Waals surface area contributed by atoms with Gasteiger partial charge in [-0.1, -0.05) is 0 Å². The normalized spacial score (nSPS) is 11.7. The van der Waals surface area contributed by atoms with Gasteiger partial charge in [-0.15, -0.1) is 23.1 Å². The van der Waals surface area contributed by atoms with Crippen molar-refractivity contribution in [2.75, 3.05) is 23.9 Å². The molecule has 110 valence electrons. The fourth-order valence-corrected chi connectivity index (χ4v) is 2.73. The summed E-state index contributed by atoms with van der Waals surface area (Å²) in [7, 11) is 1.26. The Morgan fingerprint density at radius 1 is 1.55 bits per heavy atom. The Morgan fingerprint density at radius 2 is 2.25 bits per heavy atom. The van der Waals surface area contributed by atoms with Crippen molar-refractivity contribution in [2.24, 2.45) is 5.73 Å². The van der Waals surface area contributed by atoms with Crippen LogP contribution < -0.4 is 11.1 Å². The second kappa shape index (κ2) is 7.88. The number of carbonyl (C=O) groups excluding carboxylic acids is 2. The van der Waals surface area contributed by atoms with Crippen LogP contribution in [0.5, 0.6) is 0 Å². The Labute approximate surface area is 123 Å². The number of methoxy groups -OCH3 is 1. The van der Waals surface area contributed by atoms with E-state index in [2.05, 4.69) is 10.1 Å². The van der Waals surface area contributed by atoms with Crippen LogP contribution in [0, 0.1) is 0 Å². The molecule has 4 N–H and O–H groups in total. The van der Waals surface area contributed by atoms with Crippen LogP contribution in [-0.2, 0) is 14.3 Å². The highest BCUT2D eigenvalue weighted by molar-refractivity contribution is 8.00. The number of amides is 1.